The Labute approximate surface area is 94.2 Å². The van der Waals surface area contributed by atoms with E-state index in [4.69, 9.17) is 5.11 Å². The van der Waals surface area contributed by atoms with Gasteiger partial charge in [-0.2, -0.15) is 0 Å². The van der Waals surface area contributed by atoms with Crippen molar-refractivity contribution in [3.05, 3.63) is 30.1 Å². The van der Waals surface area contributed by atoms with Crippen LogP contribution in [-0.2, 0) is 7.05 Å². The molecule has 0 aliphatic carbocycles. The molecule has 0 fully saturated rings. The third-order valence-electron chi connectivity index (χ3n) is 2.77. The third-order valence-corrected chi connectivity index (χ3v) is 2.77. The Bertz CT molecular complexity index is 479. The zero-order valence-electron chi connectivity index (χ0n) is 9.30. The molecule has 16 heavy (non-hydrogen) atoms. The Hall–Kier alpha value is -1.39. The molecule has 0 aliphatic heterocycles. The molecule has 0 aliphatic rings. The number of hydrogen-bond acceptors (Lipinski definition) is 3. The molecule has 2 rings (SSSR count). The van der Waals surface area contributed by atoms with E-state index >= 15 is 0 Å². The number of fused-ring (bicyclic) bond motifs is 1. The Morgan fingerprint density at radius 2 is 2.25 bits per heavy atom. The van der Waals surface area contributed by atoms with Crippen LogP contribution >= 0.6 is 0 Å². The number of aliphatic hydroxyl groups excluding tert-OH is 2. The number of hydrogen-bond donors (Lipinski definition) is 2. The summed E-state index contributed by atoms with van der Waals surface area (Å²) in [5.41, 5.74) is 2.81. The number of benzene rings is 1. The van der Waals surface area contributed by atoms with Gasteiger partial charge in [0.15, 0.2) is 0 Å². The van der Waals surface area contributed by atoms with Gasteiger partial charge in [0.1, 0.15) is 0 Å². The highest BCUT2D eigenvalue weighted by atomic mass is 16.3. The quantitative estimate of drug-likeness (QED) is 0.818. The van der Waals surface area contributed by atoms with Crippen LogP contribution in [0.5, 0.6) is 0 Å². The third kappa shape index (κ3) is 2.08. The summed E-state index contributed by atoms with van der Waals surface area (Å²) in [4.78, 5) is 4.24. The Morgan fingerprint density at radius 1 is 1.44 bits per heavy atom. The van der Waals surface area contributed by atoms with E-state index in [1.165, 1.54) is 0 Å². The van der Waals surface area contributed by atoms with Crippen molar-refractivity contribution in [1.29, 1.82) is 0 Å². The second-order valence-corrected chi connectivity index (χ2v) is 3.99. The zero-order valence-corrected chi connectivity index (χ0v) is 9.30. The average Bonchev–Trinajstić information content (AvgIpc) is 2.67. The summed E-state index contributed by atoms with van der Waals surface area (Å²) in [6.45, 7) is 0.114. The van der Waals surface area contributed by atoms with E-state index in [-0.39, 0.29) is 6.61 Å². The van der Waals surface area contributed by atoms with Gasteiger partial charge in [-0.3, -0.25) is 0 Å². The van der Waals surface area contributed by atoms with Crippen molar-refractivity contribution in [3.63, 3.8) is 0 Å². The Balaban J connectivity index is 2.25. The molecule has 1 aromatic carbocycles. The van der Waals surface area contributed by atoms with Gasteiger partial charge in [0.05, 0.1) is 23.5 Å². The van der Waals surface area contributed by atoms with Gasteiger partial charge in [0.2, 0.25) is 0 Å². The van der Waals surface area contributed by atoms with Crippen molar-refractivity contribution in [2.75, 3.05) is 6.61 Å². The molecule has 1 atom stereocenters. The van der Waals surface area contributed by atoms with Gasteiger partial charge < -0.3 is 14.8 Å². The number of rotatable bonds is 4. The first kappa shape index (κ1) is 11.1. The highest BCUT2D eigenvalue weighted by Crippen LogP contribution is 2.22. The van der Waals surface area contributed by atoms with Crippen LogP contribution in [0.3, 0.4) is 0 Å². The molecule has 0 radical (unpaired) electrons. The first-order valence-corrected chi connectivity index (χ1v) is 5.42. The number of aliphatic hydroxyl groups is 2. The lowest BCUT2D eigenvalue weighted by molar-refractivity contribution is 0.152. The maximum absolute atomic E-state index is 9.87. The molecule has 4 heteroatoms. The van der Waals surface area contributed by atoms with E-state index in [0.29, 0.717) is 12.8 Å². The topological polar surface area (TPSA) is 58.3 Å². The van der Waals surface area contributed by atoms with Gasteiger partial charge in [-0.15, -0.1) is 0 Å². The molecule has 2 aromatic rings. The molecule has 0 amide bonds. The molecule has 2 N–H and O–H groups in total. The standard InChI is InChI=1S/C12H16N2O2/c1-14-8-13-10-7-9(4-5-11(10)14)12(16)3-2-6-15/h4-5,7-8,12,15-16H,2-3,6H2,1H3. The molecule has 0 saturated heterocycles. The largest absolute Gasteiger partial charge is 0.396 e. The van der Waals surface area contributed by atoms with Crippen LogP contribution in [0.1, 0.15) is 24.5 Å². The molecule has 0 saturated carbocycles. The first-order valence-electron chi connectivity index (χ1n) is 5.42. The van der Waals surface area contributed by atoms with Crippen LogP contribution in [0.4, 0.5) is 0 Å². The van der Waals surface area contributed by atoms with Crippen LogP contribution in [0, 0.1) is 0 Å². The fraction of sp³-hybridized carbons (Fsp3) is 0.417. The SMILES string of the molecule is Cn1cnc2cc(C(O)CCCO)ccc21. The van der Waals surface area contributed by atoms with E-state index in [0.717, 1.165) is 16.6 Å². The molecular formula is C12H16N2O2. The van der Waals surface area contributed by atoms with Crippen LogP contribution in [0.15, 0.2) is 24.5 Å². The van der Waals surface area contributed by atoms with Gasteiger partial charge >= 0.3 is 0 Å². The fourth-order valence-electron chi connectivity index (χ4n) is 1.81. The van der Waals surface area contributed by atoms with Crippen molar-refractivity contribution in [2.24, 2.45) is 7.05 Å². The minimum Gasteiger partial charge on any atom is -0.396 e. The van der Waals surface area contributed by atoms with Crippen molar-refractivity contribution >= 4 is 11.0 Å². The van der Waals surface area contributed by atoms with Crippen molar-refractivity contribution in [2.45, 2.75) is 18.9 Å². The van der Waals surface area contributed by atoms with Crippen molar-refractivity contribution in [1.82, 2.24) is 9.55 Å². The predicted octanol–water partition coefficient (Wildman–Crippen LogP) is 1.38. The molecule has 1 unspecified atom stereocenters. The van der Waals surface area contributed by atoms with Crippen LogP contribution in [0.25, 0.3) is 11.0 Å². The molecule has 86 valence electrons. The van der Waals surface area contributed by atoms with Gasteiger partial charge in [-0.05, 0) is 30.5 Å². The number of aryl methyl sites for hydroxylation is 1. The lowest BCUT2D eigenvalue weighted by Gasteiger charge is -2.09. The summed E-state index contributed by atoms with van der Waals surface area (Å²) in [5.74, 6) is 0. The summed E-state index contributed by atoms with van der Waals surface area (Å²) in [6, 6.07) is 5.77. The monoisotopic (exact) mass is 220 g/mol. The normalized spacial score (nSPS) is 13.2. The number of nitrogens with zero attached hydrogens (tertiary/aromatic N) is 2. The van der Waals surface area contributed by atoms with E-state index in [2.05, 4.69) is 4.98 Å². The van der Waals surface area contributed by atoms with Gasteiger partial charge in [-0.1, -0.05) is 6.07 Å². The maximum Gasteiger partial charge on any atom is 0.0955 e. The van der Waals surface area contributed by atoms with Gasteiger partial charge in [0.25, 0.3) is 0 Å². The first-order chi connectivity index (χ1) is 7.72. The highest BCUT2D eigenvalue weighted by molar-refractivity contribution is 5.76. The highest BCUT2D eigenvalue weighted by Gasteiger charge is 2.09. The summed E-state index contributed by atoms with van der Waals surface area (Å²) in [6.07, 6.45) is 2.43. The maximum atomic E-state index is 9.87. The van der Waals surface area contributed by atoms with Gasteiger partial charge in [-0.25, -0.2) is 4.98 Å². The molecule has 0 spiro atoms. The lowest BCUT2D eigenvalue weighted by atomic mass is 10.0. The average molecular weight is 220 g/mol. The lowest BCUT2D eigenvalue weighted by Crippen LogP contribution is -1.99. The molecule has 0 bridgehead atoms. The van der Waals surface area contributed by atoms with E-state index in [1.54, 1.807) is 6.33 Å². The van der Waals surface area contributed by atoms with Crippen LogP contribution in [-0.4, -0.2) is 26.4 Å². The zero-order chi connectivity index (χ0) is 11.5. The van der Waals surface area contributed by atoms with E-state index in [9.17, 15) is 5.11 Å². The van der Waals surface area contributed by atoms with Crippen LogP contribution in [0.2, 0.25) is 0 Å². The molecular weight excluding hydrogens is 204 g/mol. The van der Waals surface area contributed by atoms with E-state index < -0.39 is 6.10 Å². The number of aromatic nitrogens is 2. The van der Waals surface area contributed by atoms with E-state index in [1.807, 2.05) is 29.8 Å². The summed E-state index contributed by atoms with van der Waals surface area (Å²) >= 11 is 0. The van der Waals surface area contributed by atoms with Crippen molar-refractivity contribution in [3.8, 4) is 0 Å². The minimum absolute atomic E-state index is 0.114. The minimum atomic E-state index is -0.515. The van der Waals surface area contributed by atoms with Gasteiger partial charge in [0, 0.05) is 13.7 Å². The summed E-state index contributed by atoms with van der Waals surface area (Å²) in [7, 11) is 1.94. The predicted molar refractivity (Wildman–Crippen MR) is 62.0 cm³/mol. The Kier molecular flexibility index (Phi) is 3.22. The number of imidazole rings is 1. The Morgan fingerprint density at radius 3 is 3.00 bits per heavy atom. The molecule has 4 nitrogen and oxygen atoms in total. The molecule has 1 heterocycles. The van der Waals surface area contributed by atoms with Crippen molar-refractivity contribution < 1.29 is 10.2 Å². The second-order valence-electron chi connectivity index (χ2n) is 3.99. The van der Waals surface area contributed by atoms with Crippen LogP contribution < -0.4 is 0 Å². The summed E-state index contributed by atoms with van der Waals surface area (Å²) < 4.78 is 1.94. The fourth-order valence-corrected chi connectivity index (χ4v) is 1.81. The second kappa shape index (κ2) is 4.63. The smallest absolute Gasteiger partial charge is 0.0955 e. The summed E-state index contributed by atoms with van der Waals surface area (Å²) in [5, 5.41) is 18.6. The molecule has 1 aromatic heterocycles.